The number of aromatic nitrogens is 3. The Balaban J connectivity index is 1.57. The smallest absolute Gasteiger partial charge is 0.262 e. The van der Waals surface area contributed by atoms with Gasteiger partial charge in [0.1, 0.15) is 21.7 Å². The number of benzene rings is 2. The Labute approximate surface area is 210 Å². The Morgan fingerprint density at radius 2 is 2.18 bits per heavy atom. The molecule has 1 fully saturated rings. The molecule has 9 heteroatoms. The number of carbonyl (C=O) groups is 1. The largest absolute Gasteiger partial charge is 0.315 e. The van der Waals surface area contributed by atoms with Crippen molar-refractivity contribution in [3.8, 4) is 10.6 Å². The number of rotatable bonds is 4. The second-order valence-electron chi connectivity index (χ2n) is 8.24. The van der Waals surface area contributed by atoms with E-state index in [4.69, 9.17) is 15.7 Å². The first-order valence-electron chi connectivity index (χ1n) is 12.4. The van der Waals surface area contributed by atoms with Gasteiger partial charge in [-0.1, -0.05) is 29.0 Å². The number of nitrogens with zero attached hydrogens (tertiary/aromatic N) is 4. The predicted octanol–water partition coefficient (Wildman–Crippen LogP) is 5.56. The van der Waals surface area contributed by atoms with E-state index in [0.29, 0.717) is 22.9 Å². The summed E-state index contributed by atoms with van der Waals surface area (Å²) < 4.78 is 37.9. The molecule has 0 aliphatic carbocycles. The quantitative estimate of drug-likeness (QED) is 0.399. The lowest BCUT2D eigenvalue weighted by Gasteiger charge is -2.35. The zero-order chi connectivity index (χ0) is 26.3. The first kappa shape index (κ1) is 19.4. The summed E-state index contributed by atoms with van der Waals surface area (Å²) in [7, 11) is 0. The number of hydrogen-bond acceptors (Lipinski definition) is 6. The highest BCUT2D eigenvalue weighted by atomic mass is 35.5. The van der Waals surface area contributed by atoms with Crippen LogP contribution in [0.5, 0.6) is 0 Å². The molecule has 1 amide bonds. The van der Waals surface area contributed by atoms with Gasteiger partial charge in [0.2, 0.25) is 0 Å². The number of fused-ring (bicyclic) bond motifs is 1. The maximum absolute atomic E-state index is 15.5. The maximum atomic E-state index is 15.5. The highest BCUT2D eigenvalue weighted by Crippen LogP contribution is 2.34. The molecular weight excluding hydrogens is 473 g/mol. The molecule has 4 aromatic rings. The molecule has 34 heavy (non-hydrogen) atoms. The van der Waals surface area contributed by atoms with Crippen molar-refractivity contribution in [1.82, 2.24) is 20.5 Å². The number of piperidine rings is 1. The van der Waals surface area contributed by atoms with Crippen LogP contribution >= 0.6 is 22.9 Å². The number of carbonyl (C=O) groups excluding carboxylic acids is 1. The van der Waals surface area contributed by atoms with E-state index in [0.717, 1.165) is 47.1 Å². The highest BCUT2D eigenvalue weighted by Gasteiger charge is 2.32. The number of pyridine rings is 1. The summed E-state index contributed by atoms with van der Waals surface area (Å²) in [5.74, 6) is -0.783. The number of nitrogens with one attached hydrogen (secondary N) is 1. The summed E-state index contributed by atoms with van der Waals surface area (Å²) in [6, 6.07) is 9.41. The Bertz CT molecular complexity index is 1490. The minimum Gasteiger partial charge on any atom is -0.315 e. The Morgan fingerprint density at radius 3 is 2.91 bits per heavy atom. The SMILES string of the molecule is [2H]C([2H])([2H])c1nnc(-c2ccc(C(=O)N(c3nccc4cc(Cl)cc(C)c34)C3CCCNC3)c(F)c2)s1. The van der Waals surface area contributed by atoms with Gasteiger partial charge >= 0.3 is 0 Å². The maximum Gasteiger partial charge on any atom is 0.262 e. The predicted molar refractivity (Wildman–Crippen MR) is 134 cm³/mol. The van der Waals surface area contributed by atoms with E-state index in [1.54, 1.807) is 17.2 Å². The molecule has 2 aromatic carbocycles. The van der Waals surface area contributed by atoms with Crippen molar-refractivity contribution >= 4 is 45.4 Å². The molecule has 0 spiro atoms. The summed E-state index contributed by atoms with van der Waals surface area (Å²) in [5, 5.41) is 13.3. The normalized spacial score (nSPS) is 17.7. The third-order valence-corrected chi connectivity index (χ3v) is 6.96. The van der Waals surface area contributed by atoms with Crippen molar-refractivity contribution in [2.24, 2.45) is 0 Å². The van der Waals surface area contributed by atoms with Gasteiger partial charge in [-0.05, 0) is 74.4 Å². The number of aryl methyl sites for hydroxylation is 2. The van der Waals surface area contributed by atoms with Crippen LogP contribution in [-0.4, -0.2) is 40.2 Å². The highest BCUT2D eigenvalue weighted by molar-refractivity contribution is 7.14. The Hall–Kier alpha value is -2.94. The van der Waals surface area contributed by atoms with Gasteiger partial charge in [-0.3, -0.25) is 9.69 Å². The summed E-state index contributed by atoms with van der Waals surface area (Å²) in [6.07, 6.45) is 3.24. The molecule has 1 aliphatic heterocycles. The molecule has 1 saturated heterocycles. The second-order valence-corrected chi connectivity index (χ2v) is 9.65. The summed E-state index contributed by atoms with van der Waals surface area (Å²) in [4.78, 5) is 20.1. The van der Waals surface area contributed by atoms with Gasteiger partial charge in [-0.25, -0.2) is 9.37 Å². The molecule has 1 unspecified atom stereocenters. The van der Waals surface area contributed by atoms with E-state index in [2.05, 4.69) is 20.5 Å². The van der Waals surface area contributed by atoms with Crippen LogP contribution in [0.15, 0.2) is 42.6 Å². The fourth-order valence-electron chi connectivity index (χ4n) is 4.42. The molecule has 6 nitrogen and oxygen atoms in total. The Morgan fingerprint density at radius 1 is 1.29 bits per heavy atom. The van der Waals surface area contributed by atoms with Gasteiger partial charge in [0.15, 0.2) is 0 Å². The van der Waals surface area contributed by atoms with Crippen LogP contribution < -0.4 is 10.2 Å². The molecule has 3 heterocycles. The molecule has 174 valence electrons. The van der Waals surface area contributed by atoms with Gasteiger partial charge in [0, 0.05) is 32.8 Å². The average molecular weight is 499 g/mol. The number of halogens is 2. The van der Waals surface area contributed by atoms with Crippen LogP contribution in [0.1, 0.15) is 37.9 Å². The van der Waals surface area contributed by atoms with Gasteiger partial charge in [-0.15, -0.1) is 10.2 Å². The average Bonchev–Trinajstić information content (AvgIpc) is 3.36. The van der Waals surface area contributed by atoms with E-state index in [9.17, 15) is 4.79 Å². The molecule has 0 saturated carbocycles. The fraction of sp³-hybridized carbons (Fsp3) is 0.280. The minimum absolute atomic E-state index is 0.111. The zero-order valence-corrected chi connectivity index (χ0v) is 19.9. The summed E-state index contributed by atoms with van der Waals surface area (Å²) in [5.41, 5.74) is 1.10. The van der Waals surface area contributed by atoms with Crippen molar-refractivity contribution in [2.45, 2.75) is 32.7 Å². The monoisotopic (exact) mass is 498 g/mol. The van der Waals surface area contributed by atoms with Crippen molar-refractivity contribution < 1.29 is 13.3 Å². The first-order valence-corrected chi connectivity index (χ1v) is 12.1. The van der Waals surface area contributed by atoms with Gasteiger partial charge in [-0.2, -0.15) is 0 Å². The molecule has 0 bridgehead atoms. The summed E-state index contributed by atoms with van der Waals surface area (Å²) in [6.45, 7) is 0.914. The lowest BCUT2D eigenvalue weighted by Crippen LogP contribution is -2.49. The number of anilines is 1. The Kier molecular flexibility index (Phi) is 5.34. The number of amides is 1. The minimum atomic E-state index is -2.40. The molecule has 5 rings (SSSR count). The van der Waals surface area contributed by atoms with Gasteiger partial charge in [0.25, 0.3) is 5.91 Å². The van der Waals surface area contributed by atoms with Crippen LogP contribution in [0.2, 0.25) is 5.02 Å². The van der Waals surface area contributed by atoms with E-state index in [1.165, 1.54) is 12.1 Å². The van der Waals surface area contributed by atoms with E-state index < -0.39 is 18.6 Å². The molecule has 2 aromatic heterocycles. The van der Waals surface area contributed by atoms with Gasteiger partial charge < -0.3 is 5.32 Å². The zero-order valence-electron chi connectivity index (χ0n) is 21.3. The van der Waals surface area contributed by atoms with E-state index >= 15 is 4.39 Å². The molecule has 1 aliphatic rings. The van der Waals surface area contributed by atoms with Crippen molar-refractivity contribution in [1.29, 1.82) is 0 Å². The van der Waals surface area contributed by atoms with Crippen molar-refractivity contribution in [3.05, 3.63) is 69.6 Å². The molecular formula is C25H23ClFN5OS. The van der Waals surface area contributed by atoms with E-state index in [1.807, 2.05) is 25.1 Å². The summed E-state index contributed by atoms with van der Waals surface area (Å²) >= 11 is 7.15. The molecule has 1 atom stereocenters. The first-order chi connectivity index (χ1) is 17.6. The van der Waals surface area contributed by atoms with Crippen LogP contribution in [0.3, 0.4) is 0 Å². The fourth-order valence-corrected chi connectivity index (χ4v) is 5.29. The third kappa shape index (κ3) is 4.29. The standard InChI is InChI=1S/C25H23ClFN5OS/c1-14-10-18(26)11-16-7-9-29-23(22(14)16)32(19-4-3-8-28-13-19)25(33)20-6-5-17(12-21(20)27)24-31-30-15(2)34-24/h5-7,9-12,19,28H,3-4,8,13H2,1-2H3/i2D3. The number of hydrogen-bond donors (Lipinski definition) is 1. The van der Waals surface area contributed by atoms with Crippen LogP contribution in [-0.2, 0) is 0 Å². The molecule has 0 radical (unpaired) electrons. The lowest BCUT2D eigenvalue weighted by atomic mass is 10.0. The van der Waals surface area contributed by atoms with Crippen LogP contribution in [0.4, 0.5) is 10.2 Å². The molecule has 1 N–H and O–H groups in total. The second kappa shape index (κ2) is 9.37. The van der Waals surface area contributed by atoms with Gasteiger partial charge in [0.05, 0.1) is 11.6 Å². The van der Waals surface area contributed by atoms with Crippen molar-refractivity contribution in [2.75, 3.05) is 18.0 Å². The van der Waals surface area contributed by atoms with Crippen LogP contribution in [0.25, 0.3) is 21.3 Å². The van der Waals surface area contributed by atoms with Crippen LogP contribution in [0, 0.1) is 19.6 Å². The third-order valence-electron chi connectivity index (χ3n) is 5.96. The van der Waals surface area contributed by atoms with E-state index in [-0.39, 0.29) is 21.6 Å². The van der Waals surface area contributed by atoms with Crippen molar-refractivity contribution in [3.63, 3.8) is 0 Å². The lowest BCUT2D eigenvalue weighted by molar-refractivity contribution is 0.0968. The topological polar surface area (TPSA) is 71.0 Å².